The molecule has 0 bridgehead atoms. The van der Waals surface area contributed by atoms with E-state index in [0.29, 0.717) is 23.6 Å². The van der Waals surface area contributed by atoms with Crippen LogP contribution in [0.2, 0.25) is 0 Å². The van der Waals surface area contributed by atoms with Gasteiger partial charge in [-0.25, -0.2) is 15.0 Å². The molecule has 3 heterocycles. The summed E-state index contributed by atoms with van der Waals surface area (Å²) in [5.74, 6) is 1.45. The van der Waals surface area contributed by atoms with E-state index >= 15 is 0 Å². The zero-order chi connectivity index (χ0) is 23.1. The highest BCUT2D eigenvalue weighted by atomic mass is 32.2. The Labute approximate surface area is 197 Å². The van der Waals surface area contributed by atoms with Crippen molar-refractivity contribution in [3.05, 3.63) is 70.9 Å². The van der Waals surface area contributed by atoms with Crippen LogP contribution < -0.4 is 0 Å². The Morgan fingerprint density at radius 2 is 1.97 bits per heavy atom. The fourth-order valence-corrected chi connectivity index (χ4v) is 5.10. The summed E-state index contributed by atoms with van der Waals surface area (Å²) in [6.07, 6.45) is 5.55. The van der Waals surface area contributed by atoms with Gasteiger partial charge < -0.3 is 9.88 Å². The Morgan fingerprint density at radius 1 is 1.12 bits per heavy atom. The average Bonchev–Trinajstić information content (AvgIpc) is 3.47. The molecule has 33 heavy (non-hydrogen) atoms. The number of carbonyl (C=O) groups excluding carboxylic acids is 1. The maximum atomic E-state index is 13.8. The van der Waals surface area contributed by atoms with Crippen LogP contribution in [0.4, 0.5) is 0 Å². The van der Waals surface area contributed by atoms with Crippen LogP contribution in [0.15, 0.2) is 47.5 Å². The SMILES string of the molecule is CSc1cccc2[nH]c(C3CCCN3C(=O)c3cnc(C)nc3-c3ccc(C)c(C)c3)nc12. The number of aromatic amines is 1. The molecule has 1 fully saturated rings. The van der Waals surface area contributed by atoms with E-state index in [4.69, 9.17) is 4.98 Å². The zero-order valence-corrected chi connectivity index (χ0v) is 20.2. The van der Waals surface area contributed by atoms with Crippen molar-refractivity contribution in [2.45, 2.75) is 44.6 Å². The van der Waals surface area contributed by atoms with E-state index in [1.807, 2.05) is 30.0 Å². The summed E-state index contributed by atoms with van der Waals surface area (Å²) < 4.78 is 0. The molecule has 2 aromatic carbocycles. The monoisotopic (exact) mass is 457 g/mol. The molecule has 1 saturated heterocycles. The summed E-state index contributed by atoms with van der Waals surface area (Å²) in [7, 11) is 0. The minimum Gasteiger partial charge on any atom is -0.340 e. The van der Waals surface area contributed by atoms with Gasteiger partial charge in [0.25, 0.3) is 5.91 Å². The van der Waals surface area contributed by atoms with E-state index in [1.54, 1.807) is 18.0 Å². The molecule has 1 N–H and O–H groups in total. The van der Waals surface area contributed by atoms with Crippen molar-refractivity contribution < 1.29 is 4.79 Å². The number of fused-ring (bicyclic) bond motifs is 1. The molecule has 6 nitrogen and oxygen atoms in total. The second kappa shape index (κ2) is 8.63. The van der Waals surface area contributed by atoms with Gasteiger partial charge in [-0.2, -0.15) is 0 Å². The van der Waals surface area contributed by atoms with Crippen molar-refractivity contribution in [2.24, 2.45) is 0 Å². The van der Waals surface area contributed by atoms with E-state index in [9.17, 15) is 4.79 Å². The first-order chi connectivity index (χ1) is 16.0. The third kappa shape index (κ3) is 3.91. The van der Waals surface area contributed by atoms with Crippen LogP contribution in [-0.2, 0) is 0 Å². The van der Waals surface area contributed by atoms with E-state index < -0.39 is 0 Å². The topological polar surface area (TPSA) is 74.8 Å². The predicted molar refractivity (Wildman–Crippen MR) is 133 cm³/mol. The average molecular weight is 458 g/mol. The number of benzene rings is 2. The van der Waals surface area contributed by atoms with Gasteiger partial charge in [0.2, 0.25) is 0 Å². The van der Waals surface area contributed by atoms with Crippen molar-refractivity contribution in [2.75, 3.05) is 12.8 Å². The van der Waals surface area contributed by atoms with Crippen molar-refractivity contribution >= 4 is 28.7 Å². The number of para-hydroxylation sites is 1. The third-order valence-electron chi connectivity index (χ3n) is 6.46. The van der Waals surface area contributed by atoms with Crippen LogP contribution in [0.1, 0.15) is 52.0 Å². The highest BCUT2D eigenvalue weighted by molar-refractivity contribution is 7.98. The second-order valence-corrected chi connectivity index (χ2v) is 9.46. The number of thioether (sulfide) groups is 1. The number of amides is 1. The van der Waals surface area contributed by atoms with Crippen LogP contribution in [-0.4, -0.2) is 43.5 Å². The number of carbonyl (C=O) groups is 1. The highest BCUT2D eigenvalue weighted by Gasteiger charge is 2.34. The Bertz CT molecular complexity index is 1360. The van der Waals surface area contributed by atoms with Crippen LogP contribution in [0.5, 0.6) is 0 Å². The van der Waals surface area contributed by atoms with Gasteiger partial charge in [0.05, 0.1) is 22.8 Å². The number of hydrogen-bond donors (Lipinski definition) is 1. The number of nitrogens with one attached hydrogen (secondary N) is 1. The van der Waals surface area contributed by atoms with Gasteiger partial charge in [-0.3, -0.25) is 4.79 Å². The van der Waals surface area contributed by atoms with Crippen LogP contribution in [0.3, 0.4) is 0 Å². The minimum absolute atomic E-state index is 0.0451. The highest BCUT2D eigenvalue weighted by Crippen LogP contribution is 2.35. The molecule has 7 heteroatoms. The Kier molecular flexibility index (Phi) is 5.66. The van der Waals surface area contributed by atoms with Gasteiger partial charge in [-0.05, 0) is 69.2 Å². The normalized spacial score (nSPS) is 16.0. The maximum Gasteiger partial charge on any atom is 0.258 e. The quantitative estimate of drug-likeness (QED) is 0.401. The molecule has 1 amide bonds. The number of hydrogen-bond acceptors (Lipinski definition) is 5. The largest absolute Gasteiger partial charge is 0.340 e. The van der Waals surface area contributed by atoms with Crippen LogP contribution in [0, 0.1) is 20.8 Å². The van der Waals surface area contributed by atoms with Crippen molar-refractivity contribution in [1.29, 1.82) is 0 Å². The van der Waals surface area contributed by atoms with Crippen molar-refractivity contribution in [3.63, 3.8) is 0 Å². The van der Waals surface area contributed by atoms with Gasteiger partial charge in [-0.15, -0.1) is 11.8 Å². The lowest BCUT2D eigenvalue weighted by atomic mass is 10.0. The van der Waals surface area contributed by atoms with E-state index in [-0.39, 0.29) is 11.9 Å². The molecule has 4 aromatic rings. The summed E-state index contributed by atoms with van der Waals surface area (Å²) in [5.41, 5.74) is 6.53. The lowest BCUT2D eigenvalue weighted by Gasteiger charge is -2.24. The van der Waals surface area contributed by atoms with Crippen molar-refractivity contribution in [1.82, 2.24) is 24.8 Å². The molecule has 1 atom stereocenters. The summed E-state index contributed by atoms with van der Waals surface area (Å²) >= 11 is 1.68. The Balaban J connectivity index is 1.54. The fourth-order valence-electron chi connectivity index (χ4n) is 4.53. The van der Waals surface area contributed by atoms with Gasteiger partial charge >= 0.3 is 0 Å². The maximum absolute atomic E-state index is 13.8. The second-order valence-electron chi connectivity index (χ2n) is 8.61. The molecule has 0 saturated carbocycles. The minimum atomic E-state index is -0.0893. The fraction of sp³-hybridized carbons (Fsp3) is 0.308. The Morgan fingerprint density at radius 3 is 2.76 bits per heavy atom. The molecule has 1 aliphatic heterocycles. The number of nitrogens with zero attached hydrogens (tertiary/aromatic N) is 4. The number of imidazole rings is 1. The third-order valence-corrected chi connectivity index (χ3v) is 7.23. The molecule has 0 spiro atoms. The molecular weight excluding hydrogens is 430 g/mol. The summed E-state index contributed by atoms with van der Waals surface area (Å²) in [5, 5.41) is 0. The smallest absolute Gasteiger partial charge is 0.258 e. The molecule has 168 valence electrons. The predicted octanol–water partition coefficient (Wildman–Crippen LogP) is 5.64. The number of aryl methyl sites for hydroxylation is 3. The van der Waals surface area contributed by atoms with Gasteiger partial charge in [0.15, 0.2) is 0 Å². The van der Waals surface area contributed by atoms with E-state index in [0.717, 1.165) is 40.2 Å². The zero-order valence-electron chi connectivity index (χ0n) is 19.3. The van der Waals surface area contributed by atoms with E-state index in [2.05, 4.69) is 53.3 Å². The molecule has 5 rings (SSSR count). The van der Waals surface area contributed by atoms with E-state index in [1.165, 1.54) is 11.1 Å². The van der Waals surface area contributed by atoms with Crippen LogP contribution in [0.25, 0.3) is 22.3 Å². The molecule has 2 aromatic heterocycles. The molecule has 1 unspecified atom stereocenters. The first kappa shape index (κ1) is 21.6. The summed E-state index contributed by atoms with van der Waals surface area (Å²) in [6.45, 7) is 6.71. The lowest BCUT2D eigenvalue weighted by Crippen LogP contribution is -2.32. The Hall–Kier alpha value is -3.19. The molecule has 0 aliphatic carbocycles. The number of aromatic nitrogens is 4. The standard InChI is InChI=1S/C26H27N5OS/c1-15-10-11-18(13-16(15)2)23-19(14-27-17(3)28-23)26(32)31-12-6-8-21(31)25-29-20-7-5-9-22(33-4)24(20)30-25/h5,7,9-11,13-14,21H,6,8,12H2,1-4H3,(H,29,30). The first-order valence-corrected chi connectivity index (χ1v) is 12.4. The molecule has 1 aliphatic rings. The summed E-state index contributed by atoms with van der Waals surface area (Å²) in [6, 6.07) is 12.3. The number of likely N-dealkylation sites (tertiary alicyclic amines) is 1. The molecular formula is C26H27N5OS. The number of H-pyrrole nitrogens is 1. The van der Waals surface area contributed by atoms with Gasteiger partial charge in [-0.1, -0.05) is 18.2 Å². The molecule has 0 radical (unpaired) electrons. The van der Waals surface area contributed by atoms with Gasteiger partial charge in [0.1, 0.15) is 17.2 Å². The first-order valence-electron chi connectivity index (χ1n) is 11.2. The van der Waals surface area contributed by atoms with Gasteiger partial charge in [0, 0.05) is 23.2 Å². The van der Waals surface area contributed by atoms with Crippen LogP contribution >= 0.6 is 11.8 Å². The number of rotatable bonds is 4. The lowest BCUT2D eigenvalue weighted by molar-refractivity contribution is 0.0730. The summed E-state index contributed by atoms with van der Waals surface area (Å²) in [4.78, 5) is 34.3. The van der Waals surface area contributed by atoms with Crippen molar-refractivity contribution in [3.8, 4) is 11.3 Å².